The zero-order valence-corrected chi connectivity index (χ0v) is 15.0. The SMILES string of the molecule is O=C(Nc1ccc([C@@H]2SCC(=O)N2c2ccc(F)cc2)cc1)C1CCC1. The van der Waals surface area contributed by atoms with Crippen molar-refractivity contribution in [3.8, 4) is 0 Å². The van der Waals surface area contributed by atoms with E-state index in [0.717, 1.165) is 30.5 Å². The van der Waals surface area contributed by atoms with Crippen LogP contribution in [-0.2, 0) is 9.59 Å². The minimum Gasteiger partial charge on any atom is -0.326 e. The Bertz CT molecular complexity index is 819. The Hall–Kier alpha value is -2.34. The second-order valence-corrected chi connectivity index (χ2v) is 7.71. The molecule has 2 fully saturated rings. The number of thioether (sulfide) groups is 1. The molecule has 0 spiro atoms. The van der Waals surface area contributed by atoms with Crippen LogP contribution < -0.4 is 10.2 Å². The molecular weight excluding hydrogens is 351 g/mol. The summed E-state index contributed by atoms with van der Waals surface area (Å²) in [6.07, 6.45) is 3.07. The molecule has 1 saturated heterocycles. The number of carbonyl (C=O) groups is 2. The molecule has 1 aliphatic heterocycles. The quantitative estimate of drug-likeness (QED) is 0.871. The molecule has 6 heteroatoms. The second-order valence-electron chi connectivity index (χ2n) is 6.64. The first-order chi connectivity index (χ1) is 12.6. The Morgan fingerprint density at radius 3 is 2.38 bits per heavy atom. The Kier molecular flexibility index (Phi) is 4.68. The Balaban J connectivity index is 1.51. The number of benzene rings is 2. The zero-order chi connectivity index (χ0) is 18.1. The number of anilines is 2. The molecule has 1 atom stereocenters. The van der Waals surface area contributed by atoms with Crippen LogP contribution in [0.3, 0.4) is 0 Å². The predicted molar refractivity (Wildman–Crippen MR) is 101 cm³/mol. The van der Waals surface area contributed by atoms with E-state index in [9.17, 15) is 14.0 Å². The van der Waals surface area contributed by atoms with Crippen molar-refractivity contribution in [2.45, 2.75) is 24.6 Å². The summed E-state index contributed by atoms with van der Waals surface area (Å²) in [4.78, 5) is 26.1. The summed E-state index contributed by atoms with van der Waals surface area (Å²) in [5, 5.41) is 2.80. The van der Waals surface area contributed by atoms with Crippen molar-refractivity contribution in [2.75, 3.05) is 16.0 Å². The first-order valence-corrected chi connectivity index (χ1v) is 9.77. The molecule has 4 rings (SSSR count). The van der Waals surface area contributed by atoms with Gasteiger partial charge in [-0.3, -0.25) is 14.5 Å². The lowest BCUT2D eigenvalue weighted by Gasteiger charge is -2.25. The van der Waals surface area contributed by atoms with Gasteiger partial charge in [-0.1, -0.05) is 18.6 Å². The van der Waals surface area contributed by atoms with Crippen molar-refractivity contribution in [1.82, 2.24) is 0 Å². The number of amides is 2. The fourth-order valence-corrected chi connectivity index (χ4v) is 4.37. The van der Waals surface area contributed by atoms with E-state index in [2.05, 4.69) is 5.32 Å². The highest BCUT2D eigenvalue weighted by molar-refractivity contribution is 8.00. The van der Waals surface area contributed by atoms with Gasteiger partial charge in [0.1, 0.15) is 11.2 Å². The number of nitrogens with one attached hydrogen (secondary N) is 1. The first kappa shape index (κ1) is 17.1. The lowest BCUT2D eigenvalue weighted by Crippen LogP contribution is -2.28. The molecule has 0 unspecified atom stereocenters. The molecule has 1 heterocycles. The van der Waals surface area contributed by atoms with Crippen LogP contribution >= 0.6 is 11.8 Å². The number of hydrogen-bond acceptors (Lipinski definition) is 3. The summed E-state index contributed by atoms with van der Waals surface area (Å²) in [6.45, 7) is 0. The lowest BCUT2D eigenvalue weighted by atomic mass is 9.85. The van der Waals surface area contributed by atoms with Gasteiger partial charge in [-0.05, 0) is 54.8 Å². The zero-order valence-electron chi connectivity index (χ0n) is 14.2. The molecule has 1 aliphatic carbocycles. The normalized spacial score (nSPS) is 20.1. The van der Waals surface area contributed by atoms with E-state index in [4.69, 9.17) is 0 Å². The fraction of sp³-hybridized carbons (Fsp3) is 0.300. The van der Waals surface area contributed by atoms with Gasteiger partial charge in [0.2, 0.25) is 11.8 Å². The minimum absolute atomic E-state index is 0.00831. The third-order valence-corrected chi connectivity index (χ3v) is 6.12. The fourth-order valence-electron chi connectivity index (χ4n) is 3.20. The van der Waals surface area contributed by atoms with E-state index >= 15 is 0 Å². The molecule has 26 heavy (non-hydrogen) atoms. The van der Waals surface area contributed by atoms with Crippen LogP contribution in [0.2, 0.25) is 0 Å². The smallest absolute Gasteiger partial charge is 0.238 e. The van der Waals surface area contributed by atoms with Crippen LogP contribution in [0.25, 0.3) is 0 Å². The first-order valence-electron chi connectivity index (χ1n) is 8.72. The summed E-state index contributed by atoms with van der Waals surface area (Å²) >= 11 is 1.54. The highest BCUT2D eigenvalue weighted by Crippen LogP contribution is 2.42. The molecule has 1 saturated carbocycles. The van der Waals surface area contributed by atoms with Crippen LogP contribution in [0.5, 0.6) is 0 Å². The summed E-state index contributed by atoms with van der Waals surface area (Å²) < 4.78 is 13.2. The Morgan fingerprint density at radius 1 is 1.08 bits per heavy atom. The van der Waals surface area contributed by atoms with Gasteiger partial charge < -0.3 is 5.32 Å². The molecule has 0 aromatic heterocycles. The van der Waals surface area contributed by atoms with E-state index in [-0.39, 0.29) is 28.9 Å². The Morgan fingerprint density at radius 2 is 1.77 bits per heavy atom. The van der Waals surface area contributed by atoms with Gasteiger partial charge >= 0.3 is 0 Å². The van der Waals surface area contributed by atoms with Crippen molar-refractivity contribution in [3.05, 3.63) is 59.9 Å². The standard InChI is InChI=1S/C20H19FN2O2S/c21-15-6-10-17(11-7-15)23-18(24)12-26-20(23)14-4-8-16(9-5-14)22-19(25)13-2-1-3-13/h4-11,13,20H,1-3,12H2,(H,22,25)/t20-/m0/s1. The average molecular weight is 370 g/mol. The molecule has 134 valence electrons. The topological polar surface area (TPSA) is 49.4 Å². The van der Waals surface area contributed by atoms with Crippen LogP contribution in [0.1, 0.15) is 30.2 Å². The van der Waals surface area contributed by atoms with Crippen LogP contribution in [0.4, 0.5) is 15.8 Å². The van der Waals surface area contributed by atoms with Gasteiger partial charge in [0.15, 0.2) is 0 Å². The van der Waals surface area contributed by atoms with Gasteiger partial charge in [0.05, 0.1) is 5.75 Å². The predicted octanol–water partition coefficient (Wildman–Crippen LogP) is 4.34. The van der Waals surface area contributed by atoms with Crippen molar-refractivity contribution in [1.29, 1.82) is 0 Å². The van der Waals surface area contributed by atoms with E-state index in [0.29, 0.717) is 11.4 Å². The number of rotatable bonds is 4. The maximum absolute atomic E-state index is 13.2. The van der Waals surface area contributed by atoms with Gasteiger partial charge in [-0.15, -0.1) is 11.8 Å². The summed E-state index contributed by atoms with van der Waals surface area (Å²) in [5.74, 6) is 0.307. The van der Waals surface area contributed by atoms with E-state index < -0.39 is 0 Å². The van der Waals surface area contributed by atoms with E-state index in [1.165, 1.54) is 12.1 Å². The lowest BCUT2D eigenvalue weighted by molar-refractivity contribution is -0.122. The average Bonchev–Trinajstić information content (AvgIpc) is 2.96. The molecule has 2 aromatic rings. The molecule has 4 nitrogen and oxygen atoms in total. The number of hydrogen-bond donors (Lipinski definition) is 1. The van der Waals surface area contributed by atoms with Crippen molar-refractivity contribution in [2.24, 2.45) is 5.92 Å². The second kappa shape index (κ2) is 7.11. The highest BCUT2D eigenvalue weighted by Gasteiger charge is 2.34. The van der Waals surface area contributed by atoms with Crippen LogP contribution in [0, 0.1) is 11.7 Å². The molecule has 2 aliphatic rings. The largest absolute Gasteiger partial charge is 0.326 e. The maximum Gasteiger partial charge on any atom is 0.238 e. The van der Waals surface area contributed by atoms with Crippen molar-refractivity contribution >= 4 is 35.0 Å². The summed E-state index contributed by atoms with van der Waals surface area (Å²) in [7, 11) is 0. The number of halogens is 1. The third-order valence-electron chi connectivity index (χ3n) is 4.91. The summed E-state index contributed by atoms with van der Waals surface area (Å²) in [5.41, 5.74) is 2.44. The third kappa shape index (κ3) is 3.33. The van der Waals surface area contributed by atoms with Gasteiger partial charge in [-0.25, -0.2) is 4.39 Å². The van der Waals surface area contributed by atoms with Crippen LogP contribution in [-0.4, -0.2) is 17.6 Å². The molecular formula is C20H19FN2O2S. The maximum atomic E-state index is 13.2. The van der Waals surface area contributed by atoms with Crippen molar-refractivity contribution < 1.29 is 14.0 Å². The van der Waals surface area contributed by atoms with Gasteiger partial charge in [0, 0.05) is 17.3 Å². The molecule has 0 radical (unpaired) electrons. The molecule has 2 amide bonds. The number of nitrogens with zero attached hydrogens (tertiary/aromatic N) is 1. The highest BCUT2D eigenvalue weighted by atomic mass is 32.2. The Labute approximate surface area is 155 Å². The van der Waals surface area contributed by atoms with Crippen molar-refractivity contribution in [3.63, 3.8) is 0 Å². The minimum atomic E-state index is -0.323. The van der Waals surface area contributed by atoms with Crippen LogP contribution in [0.15, 0.2) is 48.5 Å². The summed E-state index contributed by atoms with van der Waals surface area (Å²) in [6, 6.07) is 13.6. The molecule has 2 aromatic carbocycles. The number of carbonyl (C=O) groups excluding carboxylic acids is 2. The molecule has 1 N–H and O–H groups in total. The molecule has 0 bridgehead atoms. The van der Waals surface area contributed by atoms with Gasteiger partial charge in [0.25, 0.3) is 0 Å². The van der Waals surface area contributed by atoms with E-state index in [1.54, 1.807) is 28.8 Å². The van der Waals surface area contributed by atoms with Gasteiger partial charge in [-0.2, -0.15) is 0 Å². The monoisotopic (exact) mass is 370 g/mol. The van der Waals surface area contributed by atoms with E-state index in [1.807, 2.05) is 24.3 Å².